The van der Waals surface area contributed by atoms with Gasteiger partial charge in [0.15, 0.2) is 0 Å². The number of hydrogen-bond donors (Lipinski definition) is 1. The predicted molar refractivity (Wildman–Crippen MR) is 124 cm³/mol. The Labute approximate surface area is 189 Å². The monoisotopic (exact) mass is 436 g/mol. The first-order chi connectivity index (χ1) is 15.1. The minimum absolute atomic E-state index is 0.186. The average molecular weight is 437 g/mol. The fourth-order valence-electron chi connectivity index (χ4n) is 4.18. The summed E-state index contributed by atoms with van der Waals surface area (Å²) in [5, 5.41) is 7.93. The van der Waals surface area contributed by atoms with Crippen LogP contribution < -0.4 is 5.32 Å². The summed E-state index contributed by atoms with van der Waals surface area (Å²) >= 11 is 6.55. The zero-order valence-corrected chi connectivity index (χ0v) is 18.7. The fourth-order valence-corrected chi connectivity index (χ4v) is 4.50. The SMILES string of the molecule is Cc1nn(Cc2ccccc2)c(Cl)c1C(=O)NCc1ccccc1CN1CCCCC1. The van der Waals surface area contributed by atoms with E-state index < -0.39 is 0 Å². The summed E-state index contributed by atoms with van der Waals surface area (Å²) in [5.41, 5.74) is 4.59. The number of aryl methyl sites for hydroxylation is 1. The van der Waals surface area contributed by atoms with Crippen molar-refractivity contribution in [1.29, 1.82) is 0 Å². The third-order valence-corrected chi connectivity index (χ3v) is 6.25. The number of aromatic nitrogens is 2. The van der Waals surface area contributed by atoms with Gasteiger partial charge in [0.05, 0.1) is 17.8 Å². The smallest absolute Gasteiger partial charge is 0.256 e. The van der Waals surface area contributed by atoms with Gasteiger partial charge in [-0.15, -0.1) is 0 Å². The molecule has 1 fully saturated rings. The van der Waals surface area contributed by atoms with Crippen LogP contribution >= 0.6 is 11.6 Å². The maximum Gasteiger partial charge on any atom is 0.256 e. The highest BCUT2D eigenvalue weighted by Gasteiger charge is 2.21. The van der Waals surface area contributed by atoms with E-state index in [9.17, 15) is 4.79 Å². The van der Waals surface area contributed by atoms with Crippen molar-refractivity contribution in [2.45, 2.75) is 45.8 Å². The number of nitrogens with one attached hydrogen (secondary N) is 1. The van der Waals surface area contributed by atoms with E-state index >= 15 is 0 Å². The number of carbonyl (C=O) groups is 1. The molecule has 2 heterocycles. The number of likely N-dealkylation sites (tertiary alicyclic amines) is 1. The van der Waals surface area contributed by atoms with Crippen molar-refractivity contribution in [3.8, 4) is 0 Å². The lowest BCUT2D eigenvalue weighted by Gasteiger charge is -2.27. The Hall–Kier alpha value is -2.63. The van der Waals surface area contributed by atoms with Gasteiger partial charge >= 0.3 is 0 Å². The quantitative estimate of drug-likeness (QED) is 0.578. The van der Waals surface area contributed by atoms with Crippen LogP contribution in [0.4, 0.5) is 0 Å². The van der Waals surface area contributed by atoms with Crippen LogP contribution in [0.2, 0.25) is 5.15 Å². The first-order valence-corrected chi connectivity index (χ1v) is 11.3. The molecule has 1 aliphatic heterocycles. The van der Waals surface area contributed by atoms with Gasteiger partial charge in [-0.1, -0.05) is 72.6 Å². The van der Waals surface area contributed by atoms with Crippen LogP contribution in [0.25, 0.3) is 0 Å². The van der Waals surface area contributed by atoms with E-state index in [1.54, 1.807) is 4.68 Å². The van der Waals surface area contributed by atoms with Gasteiger partial charge in [-0.05, 0) is 49.5 Å². The van der Waals surface area contributed by atoms with Gasteiger partial charge in [-0.3, -0.25) is 9.69 Å². The molecule has 1 saturated heterocycles. The minimum atomic E-state index is -0.186. The van der Waals surface area contributed by atoms with Gasteiger partial charge in [0.1, 0.15) is 5.15 Å². The van der Waals surface area contributed by atoms with Crippen LogP contribution in [0, 0.1) is 6.92 Å². The summed E-state index contributed by atoms with van der Waals surface area (Å²) in [6.07, 6.45) is 3.86. The Morgan fingerprint density at radius 2 is 1.65 bits per heavy atom. The van der Waals surface area contributed by atoms with E-state index in [-0.39, 0.29) is 5.91 Å². The van der Waals surface area contributed by atoms with Crippen molar-refractivity contribution < 1.29 is 4.79 Å². The van der Waals surface area contributed by atoms with E-state index in [1.807, 2.05) is 43.3 Å². The lowest BCUT2D eigenvalue weighted by atomic mass is 10.0. The minimum Gasteiger partial charge on any atom is -0.348 e. The number of piperidine rings is 1. The summed E-state index contributed by atoms with van der Waals surface area (Å²) in [6.45, 7) is 6.06. The van der Waals surface area contributed by atoms with Crippen molar-refractivity contribution in [1.82, 2.24) is 20.0 Å². The second-order valence-corrected chi connectivity index (χ2v) is 8.54. The number of halogens is 1. The molecular weight excluding hydrogens is 408 g/mol. The Kier molecular flexibility index (Phi) is 7.05. The van der Waals surface area contributed by atoms with Crippen molar-refractivity contribution >= 4 is 17.5 Å². The van der Waals surface area contributed by atoms with E-state index in [4.69, 9.17) is 11.6 Å². The molecule has 1 aliphatic rings. The molecule has 0 unspecified atom stereocenters. The van der Waals surface area contributed by atoms with E-state index in [2.05, 4.69) is 33.5 Å². The number of nitrogens with zero attached hydrogens (tertiary/aromatic N) is 3. The second kappa shape index (κ2) is 10.1. The molecule has 1 N–H and O–H groups in total. The molecule has 3 aromatic rings. The molecule has 1 aromatic heterocycles. The Balaban J connectivity index is 1.43. The van der Waals surface area contributed by atoms with E-state index in [0.29, 0.717) is 29.5 Å². The summed E-state index contributed by atoms with van der Waals surface area (Å²) in [5.74, 6) is -0.186. The van der Waals surface area contributed by atoms with Gasteiger partial charge in [0, 0.05) is 13.1 Å². The average Bonchev–Trinajstić information content (AvgIpc) is 3.07. The number of hydrogen-bond acceptors (Lipinski definition) is 3. The van der Waals surface area contributed by atoms with Gasteiger partial charge in [-0.25, -0.2) is 4.68 Å². The van der Waals surface area contributed by atoms with Crippen LogP contribution in [0.5, 0.6) is 0 Å². The highest BCUT2D eigenvalue weighted by Crippen LogP contribution is 2.22. The molecule has 31 heavy (non-hydrogen) atoms. The third-order valence-electron chi connectivity index (χ3n) is 5.87. The molecule has 2 aromatic carbocycles. The lowest BCUT2D eigenvalue weighted by Crippen LogP contribution is -2.30. The number of benzene rings is 2. The molecule has 1 amide bonds. The fraction of sp³-hybridized carbons (Fsp3) is 0.360. The summed E-state index contributed by atoms with van der Waals surface area (Å²) < 4.78 is 1.69. The Morgan fingerprint density at radius 3 is 2.39 bits per heavy atom. The number of rotatable bonds is 7. The molecule has 0 bridgehead atoms. The topological polar surface area (TPSA) is 50.2 Å². The first-order valence-electron chi connectivity index (χ1n) is 11.0. The maximum absolute atomic E-state index is 13.0. The molecule has 0 spiro atoms. The van der Waals surface area contributed by atoms with Crippen molar-refractivity contribution in [2.75, 3.05) is 13.1 Å². The molecule has 162 valence electrons. The summed E-state index contributed by atoms with van der Waals surface area (Å²) in [7, 11) is 0. The van der Waals surface area contributed by atoms with E-state index in [1.165, 1.54) is 24.8 Å². The highest BCUT2D eigenvalue weighted by molar-refractivity contribution is 6.33. The highest BCUT2D eigenvalue weighted by atomic mass is 35.5. The molecular formula is C25H29ClN4O. The first kappa shape index (κ1) is 21.6. The van der Waals surface area contributed by atoms with Gasteiger partial charge in [-0.2, -0.15) is 5.10 Å². The molecule has 0 saturated carbocycles. The standard InChI is InChI=1S/C25H29ClN4O/c1-19-23(24(26)30(28-19)17-20-10-4-2-5-11-20)25(31)27-16-21-12-6-7-13-22(21)18-29-14-8-3-9-15-29/h2,4-7,10-13H,3,8-9,14-18H2,1H3,(H,27,31). The Bertz CT molecular complexity index is 1030. The van der Waals surface area contributed by atoms with Gasteiger partial charge < -0.3 is 5.32 Å². The number of amides is 1. The zero-order chi connectivity index (χ0) is 21.6. The molecule has 4 rings (SSSR count). The van der Waals surface area contributed by atoms with E-state index in [0.717, 1.165) is 30.8 Å². The molecule has 0 radical (unpaired) electrons. The van der Waals surface area contributed by atoms with Crippen molar-refractivity contribution in [2.24, 2.45) is 0 Å². The zero-order valence-electron chi connectivity index (χ0n) is 18.0. The summed E-state index contributed by atoms with van der Waals surface area (Å²) in [6, 6.07) is 18.3. The van der Waals surface area contributed by atoms with Crippen LogP contribution in [0.1, 0.15) is 52.0 Å². The molecule has 6 heteroatoms. The van der Waals surface area contributed by atoms with Gasteiger partial charge in [0.25, 0.3) is 5.91 Å². The second-order valence-electron chi connectivity index (χ2n) is 8.18. The lowest BCUT2D eigenvalue weighted by molar-refractivity contribution is 0.0950. The van der Waals surface area contributed by atoms with Crippen LogP contribution in [-0.2, 0) is 19.6 Å². The predicted octanol–water partition coefficient (Wildman–Crippen LogP) is 4.81. The van der Waals surface area contributed by atoms with Crippen LogP contribution in [-0.4, -0.2) is 33.7 Å². The van der Waals surface area contributed by atoms with Gasteiger partial charge in [0.2, 0.25) is 0 Å². The largest absolute Gasteiger partial charge is 0.348 e. The maximum atomic E-state index is 13.0. The third kappa shape index (κ3) is 5.35. The normalized spacial score (nSPS) is 14.5. The molecule has 0 atom stereocenters. The van der Waals surface area contributed by atoms with Crippen molar-refractivity contribution in [3.63, 3.8) is 0 Å². The Morgan fingerprint density at radius 1 is 0.968 bits per heavy atom. The number of carbonyl (C=O) groups excluding carboxylic acids is 1. The van der Waals surface area contributed by atoms with Crippen molar-refractivity contribution in [3.05, 3.63) is 87.7 Å². The molecule has 5 nitrogen and oxygen atoms in total. The molecule has 0 aliphatic carbocycles. The van der Waals surface area contributed by atoms with Crippen LogP contribution in [0.3, 0.4) is 0 Å². The summed E-state index contributed by atoms with van der Waals surface area (Å²) in [4.78, 5) is 15.5. The van der Waals surface area contributed by atoms with Crippen LogP contribution in [0.15, 0.2) is 54.6 Å².